The van der Waals surface area contributed by atoms with Gasteiger partial charge in [-0.15, -0.1) is 0 Å². The Labute approximate surface area is 144 Å². The minimum absolute atomic E-state index is 0.0502. The topological polar surface area (TPSA) is 66.9 Å². The fourth-order valence-electron chi connectivity index (χ4n) is 2.98. The van der Waals surface area contributed by atoms with Crippen molar-refractivity contribution in [2.75, 3.05) is 39.0 Å². The second kappa shape index (κ2) is 7.53. The van der Waals surface area contributed by atoms with E-state index in [-0.39, 0.29) is 11.7 Å². The molecule has 1 amide bonds. The third-order valence-electron chi connectivity index (χ3n) is 4.57. The summed E-state index contributed by atoms with van der Waals surface area (Å²) < 4.78 is 31.0. The summed E-state index contributed by atoms with van der Waals surface area (Å²) in [5.74, 6) is 0.878. The number of methoxy groups -OCH3 is 1. The first kappa shape index (κ1) is 18.7. The Hall–Kier alpha value is -1.60. The van der Waals surface area contributed by atoms with E-state index in [0.717, 1.165) is 16.9 Å². The molecule has 1 fully saturated rings. The lowest BCUT2D eigenvalue weighted by atomic mass is 10.0. The fraction of sp³-hybridized carbons (Fsp3) is 0.588. The van der Waals surface area contributed by atoms with Crippen molar-refractivity contribution >= 4 is 15.9 Å². The number of carbonyl (C=O) groups excluding carboxylic acids is 1. The summed E-state index contributed by atoms with van der Waals surface area (Å²) in [6.07, 6.45) is 0.603. The molecule has 7 heteroatoms. The van der Waals surface area contributed by atoms with Gasteiger partial charge in [0.25, 0.3) is 5.91 Å². The van der Waals surface area contributed by atoms with Crippen LogP contribution in [0.1, 0.15) is 34.8 Å². The Morgan fingerprint density at radius 2 is 1.75 bits per heavy atom. The average Bonchev–Trinajstić information content (AvgIpc) is 2.57. The molecule has 0 radical (unpaired) electrons. The van der Waals surface area contributed by atoms with Crippen molar-refractivity contribution in [3.8, 4) is 5.75 Å². The molecule has 1 aromatic rings. The van der Waals surface area contributed by atoms with Crippen molar-refractivity contribution in [3.05, 3.63) is 28.8 Å². The lowest BCUT2D eigenvalue weighted by Gasteiger charge is -2.34. The minimum atomic E-state index is -3.19. The first-order valence-corrected chi connectivity index (χ1v) is 9.84. The van der Waals surface area contributed by atoms with Gasteiger partial charge < -0.3 is 9.64 Å². The Morgan fingerprint density at radius 1 is 1.12 bits per heavy atom. The van der Waals surface area contributed by atoms with Gasteiger partial charge in [-0.25, -0.2) is 8.42 Å². The van der Waals surface area contributed by atoms with E-state index >= 15 is 0 Å². The molecule has 0 aliphatic carbocycles. The molecule has 2 rings (SSSR count). The van der Waals surface area contributed by atoms with Gasteiger partial charge in [-0.3, -0.25) is 4.79 Å². The molecule has 134 valence electrons. The number of hydrogen-bond donors (Lipinski definition) is 0. The van der Waals surface area contributed by atoms with Crippen LogP contribution < -0.4 is 4.74 Å². The number of amides is 1. The van der Waals surface area contributed by atoms with Gasteiger partial charge in [0, 0.05) is 31.7 Å². The maximum absolute atomic E-state index is 12.8. The molecule has 1 aliphatic rings. The van der Waals surface area contributed by atoms with Crippen LogP contribution in [0.25, 0.3) is 0 Å². The zero-order valence-electron chi connectivity index (χ0n) is 14.8. The van der Waals surface area contributed by atoms with Crippen LogP contribution in [-0.4, -0.2) is 62.6 Å². The second-order valence-electron chi connectivity index (χ2n) is 6.07. The van der Waals surface area contributed by atoms with Crippen molar-refractivity contribution < 1.29 is 17.9 Å². The van der Waals surface area contributed by atoms with Crippen LogP contribution in [0.5, 0.6) is 5.75 Å². The number of carbonyl (C=O) groups is 1. The molecule has 6 nitrogen and oxygen atoms in total. The van der Waals surface area contributed by atoms with Gasteiger partial charge in [0.2, 0.25) is 10.0 Å². The monoisotopic (exact) mass is 354 g/mol. The quantitative estimate of drug-likeness (QED) is 0.809. The largest absolute Gasteiger partial charge is 0.496 e. The summed E-state index contributed by atoms with van der Waals surface area (Å²) in [6.45, 7) is 7.27. The smallest absolute Gasteiger partial charge is 0.254 e. The third-order valence-corrected chi connectivity index (χ3v) is 6.65. The van der Waals surface area contributed by atoms with Crippen molar-refractivity contribution in [1.82, 2.24) is 9.21 Å². The fourth-order valence-corrected chi connectivity index (χ4v) is 4.47. The van der Waals surface area contributed by atoms with Crippen molar-refractivity contribution in [2.24, 2.45) is 0 Å². The van der Waals surface area contributed by atoms with Crippen LogP contribution in [-0.2, 0) is 10.0 Å². The summed E-state index contributed by atoms with van der Waals surface area (Å²) in [4.78, 5) is 14.5. The highest BCUT2D eigenvalue weighted by Crippen LogP contribution is 2.25. The molecule has 0 atom stereocenters. The summed E-state index contributed by atoms with van der Waals surface area (Å²) in [5, 5.41) is 0. The highest BCUT2D eigenvalue weighted by molar-refractivity contribution is 7.89. The molecule has 1 saturated heterocycles. The number of nitrogens with zero attached hydrogens (tertiary/aromatic N) is 2. The zero-order chi connectivity index (χ0) is 17.9. The number of sulfonamides is 1. The molecule has 0 aromatic heterocycles. The van der Waals surface area contributed by atoms with Gasteiger partial charge in [0.05, 0.1) is 12.9 Å². The SMILES string of the molecule is CCCS(=O)(=O)N1CCN(C(=O)c2ccc(OC)c(C)c2C)CC1. The maximum Gasteiger partial charge on any atom is 0.254 e. The predicted molar refractivity (Wildman–Crippen MR) is 94.0 cm³/mol. The van der Waals surface area contributed by atoms with Gasteiger partial charge in [0.15, 0.2) is 0 Å². The van der Waals surface area contributed by atoms with Gasteiger partial charge >= 0.3 is 0 Å². The summed E-state index contributed by atoms with van der Waals surface area (Å²) in [6, 6.07) is 3.58. The molecule has 0 saturated carbocycles. The standard InChI is InChI=1S/C17H26N2O4S/c1-5-12-24(21,22)19-10-8-18(9-11-19)17(20)15-6-7-16(23-4)14(3)13(15)2/h6-7H,5,8-12H2,1-4H3. The predicted octanol–water partition coefficient (Wildman–Crippen LogP) is 1.81. The zero-order valence-corrected chi connectivity index (χ0v) is 15.6. The molecule has 0 N–H and O–H groups in total. The first-order valence-electron chi connectivity index (χ1n) is 8.23. The number of hydrogen-bond acceptors (Lipinski definition) is 4. The van der Waals surface area contributed by atoms with Crippen LogP contribution in [0.3, 0.4) is 0 Å². The number of benzene rings is 1. The first-order chi connectivity index (χ1) is 11.3. The molecule has 24 heavy (non-hydrogen) atoms. The normalized spacial score (nSPS) is 16.2. The van der Waals surface area contributed by atoms with Gasteiger partial charge in [-0.05, 0) is 43.5 Å². The van der Waals surface area contributed by atoms with E-state index in [1.807, 2.05) is 20.8 Å². The number of piperazine rings is 1. The molecular weight excluding hydrogens is 328 g/mol. The summed E-state index contributed by atoms with van der Waals surface area (Å²) in [7, 11) is -1.58. The van der Waals surface area contributed by atoms with E-state index in [4.69, 9.17) is 4.74 Å². The lowest BCUT2D eigenvalue weighted by molar-refractivity contribution is 0.0697. The molecule has 1 aromatic carbocycles. The Bertz CT molecular complexity index is 708. The van der Waals surface area contributed by atoms with Crippen LogP contribution in [0.4, 0.5) is 0 Å². The van der Waals surface area contributed by atoms with E-state index in [1.54, 1.807) is 24.1 Å². The highest BCUT2D eigenvalue weighted by Gasteiger charge is 2.29. The van der Waals surface area contributed by atoms with E-state index in [2.05, 4.69) is 0 Å². The van der Waals surface area contributed by atoms with Crippen LogP contribution in [0, 0.1) is 13.8 Å². The van der Waals surface area contributed by atoms with Gasteiger partial charge in [-0.1, -0.05) is 6.92 Å². The van der Waals surface area contributed by atoms with Crippen molar-refractivity contribution in [1.29, 1.82) is 0 Å². The molecule has 1 aliphatic heterocycles. The highest BCUT2D eigenvalue weighted by atomic mass is 32.2. The van der Waals surface area contributed by atoms with Crippen molar-refractivity contribution in [3.63, 3.8) is 0 Å². The van der Waals surface area contributed by atoms with Gasteiger partial charge in [0.1, 0.15) is 5.75 Å². The Balaban J connectivity index is 2.10. The van der Waals surface area contributed by atoms with E-state index in [9.17, 15) is 13.2 Å². The molecule has 0 spiro atoms. The van der Waals surface area contributed by atoms with E-state index < -0.39 is 10.0 Å². The van der Waals surface area contributed by atoms with E-state index in [1.165, 1.54) is 4.31 Å². The third kappa shape index (κ3) is 3.72. The minimum Gasteiger partial charge on any atom is -0.496 e. The lowest BCUT2D eigenvalue weighted by Crippen LogP contribution is -2.51. The van der Waals surface area contributed by atoms with Crippen LogP contribution in [0.15, 0.2) is 12.1 Å². The number of ether oxygens (including phenoxy) is 1. The Kier molecular flexibility index (Phi) is 5.87. The van der Waals surface area contributed by atoms with Crippen molar-refractivity contribution in [2.45, 2.75) is 27.2 Å². The Morgan fingerprint density at radius 3 is 2.29 bits per heavy atom. The van der Waals surface area contributed by atoms with Crippen LogP contribution in [0.2, 0.25) is 0 Å². The second-order valence-corrected chi connectivity index (χ2v) is 8.16. The van der Waals surface area contributed by atoms with Crippen LogP contribution >= 0.6 is 0 Å². The number of rotatable bonds is 5. The molecule has 0 bridgehead atoms. The molecular formula is C17H26N2O4S. The summed E-state index contributed by atoms with van der Waals surface area (Å²) in [5.41, 5.74) is 2.51. The summed E-state index contributed by atoms with van der Waals surface area (Å²) >= 11 is 0. The molecule has 1 heterocycles. The van der Waals surface area contributed by atoms with E-state index in [0.29, 0.717) is 38.2 Å². The average molecular weight is 354 g/mol. The molecule has 0 unspecified atom stereocenters. The van der Waals surface area contributed by atoms with Gasteiger partial charge in [-0.2, -0.15) is 4.31 Å². The maximum atomic E-state index is 12.8.